The summed E-state index contributed by atoms with van der Waals surface area (Å²) in [6, 6.07) is -0.896. The average Bonchev–Trinajstić information content (AvgIpc) is 2.58. The van der Waals surface area contributed by atoms with Crippen LogP contribution in [0.3, 0.4) is 0 Å². The molecule has 1 aliphatic heterocycles. The van der Waals surface area contributed by atoms with Crippen molar-refractivity contribution in [1.82, 2.24) is 5.32 Å². The summed E-state index contributed by atoms with van der Waals surface area (Å²) >= 11 is 0. The van der Waals surface area contributed by atoms with E-state index in [1.54, 1.807) is 0 Å². The molecule has 0 spiro atoms. The summed E-state index contributed by atoms with van der Waals surface area (Å²) in [6.45, 7) is 2.95. The van der Waals surface area contributed by atoms with Crippen molar-refractivity contribution in [3.8, 4) is 0 Å². The van der Waals surface area contributed by atoms with Crippen molar-refractivity contribution in [2.75, 3.05) is 13.2 Å². The number of aliphatic carboxylic acids is 1. The van der Waals surface area contributed by atoms with Crippen molar-refractivity contribution in [2.45, 2.75) is 76.5 Å². The van der Waals surface area contributed by atoms with E-state index in [0.717, 1.165) is 38.5 Å². The minimum absolute atomic E-state index is 0.126. The number of carboxylic acids is 1. The Morgan fingerprint density at radius 3 is 2.52 bits per heavy atom. The molecular formula is C17H29NO5. The van der Waals surface area contributed by atoms with Crippen LogP contribution in [0.15, 0.2) is 0 Å². The summed E-state index contributed by atoms with van der Waals surface area (Å²) in [7, 11) is 0. The molecule has 0 aromatic carbocycles. The minimum atomic E-state index is -0.999. The van der Waals surface area contributed by atoms with Gasteiger partial charge in [0.25, 0.3) is 0 Å². The molecule has 0 radical (unpaired) electrons. The lowest BCUT2D eigenvalue weighted by molar-refractivity contribution is -0.149. The molecule has 2 aliphatic rings. The first-order valence-electron chi connectivity index (χ1n) is 8.88. The van der Waals surface area contributed by atoms with Crippen LogP contribution in [0, 0.1) is 5.92 Å². The molecule has 2 N–H and O–H groups in total. The van der Waals surface area contributed by atoms with Crippen molar-refractivity contribution < 1.29 is 24.2 Å². The quantitative estimate of drug-likeness (QED) is 0.748. The van der Waals surface area contributed by atoms with Crippen molar-refractivity contribution in [2.24, 2.45) is 5.92 Å². The number of nitrogens with one attached hydrogen (secondary N) is 1. The SMILES string of the molecule is CCC(OC1CCCCC1)C(=O)NC(C(=O)O)C1CCCOC1. The molecule has 6 nitrogen and oxygen atoms in total. The highest BCUT2D eigenvalue weighted by Gasteiger charge is 2.33. The molecule has 1 saturated heterocycles. The van der Waals surface area contributed by atoms with Gasteiger partial charge < -0.3 is 19.9 Å². The van der Waals surface area contributed by atoms with Gasteiger partial charge in [-0.1, -0.05) is 26.2 Å². The van der Waals surface area contributed by atoms with Gasteiger partial charge in [-0.05, 0) is 32.1 Å². The average molecular weight is 327 g/mol. The molecule has 0 aromatic heterocycles. The monoisotopic (exact) mass is 327 g/mol. The Balaban J connectivity index is 1.90. The summed E-state index contributed by atoms with van der Waals surface area (Å²) in [5.74, 6) is -1.48. The number of ether oxygens (including phenoxy) is 2. The normalized spacial score (nSPS) is 25.5. The maximum absolute atomic E-state index is 12.5. The Morgan fingerprint density at radius 2 is 1.96 bits per heavy atom. The van der Waals surface area contributed by atoms with Crippen LogP contribution in [0.5, 0.6) is 0 Å². The van der Waals surface area contributed by atoms with Crippen LogP contribution in [0.4, 0.5) is 0 Å². The topological polar surface area (TPSA) is 84.9 Å². The standard InChI is InChI=1S/C17H29NO5/c1-2-14(23-13-8-4-3-5-9-13)16(19)18-15(17(20)21)12-7-6-10-22-11-12/h12-15H,2-11H2,1H3,(H,18,19)(H,20,21). The third-order valence-corrected chi connectivity index (χ3v) is 4.80. The van der Waals surface area contributed by atoms with Crippen molar-refractivity contribution in [3.63, 3.8) is 0 Å². The zero-order valence-corrected chi connectivity index (χ0v) is 14.0. The van der Waals surface area contributed by atoms with Gasteiger partial charge in [0.1, 0.15) is 12.1 Å². The molecule has 6 heteroatoms. The Kier molecular flexibility index (Phi) is 7.30. The molecule has 1 heterocycles. The van der Waals surface area contributed by atoms with E-state index in [0.29, 0.717) is 19.6 Å². The lowest BCUT2D eigenvalue weighted by Crippen LogP contribution is -2.52. The number of hydrogen-bond acceptors (Lipinski definition) is 4. The van der Waals surface area contributed by atoms with Gasteiger partial charge in [-0.2, -0.15) is 0 Å². The second kappa shape index (κ2) is 9.23. The van der Waals surface area contributed by atoms with Crippen molar-refractivity contribution in [3.05, 3.63) is 0 Å². The maximum Gasteiger partial charge on any atom is 0.326 e. The fourth-order valence-corrected chi connectivity index (χ4v) is 3.43. The third-order valence-electron chi connectivity index (χ3n) is 4.80. The summed E-state index contributed by atoms with van der Waals surface area (Å²) in [4.78, 5) is 24.0. The Labute approximate surface area is 137 Å². The zero-order chi connectivity index (χ0) is 16.7. The summed E-state index contributed by atoms with van der Waals surface area (Å²) in [5, 5.41) is 12.1. The largest absolute Gasteiger partial charge is 0.480 e. The Hall–Kier alpha value is -1.14. The van der Waals surface area contributed by atoms with Crippen LogP contribution < -0.4 is 5.32 Å². The predicted octanol–water partition coefficient (Wildman–Crippen LogP) is 2.11. The molecule has 23 heavy (non-hydrogen) atoms. The number of carboxylic acid groups (broad SMARTS) is 1. The fraction of sp³-hybridized carbons (Fsp3) is 0.882. The molecule has 2 fully saturated rings. The van der Waals surface area contributed by atoms with E-state index < -0.39 is 18.1 Å². The molecule has 0 bridgehead atoms. The van der Waals surface area contributed by atoms with Gasteiger partial charge in [-0.25, -0.2) is 4.79 Å². The van der Waals surface area contributed by atoms with E-state index in [2.05, 4.69) is 5.32 Å². The van der Waals surface area contributed by atoms with Gasteiger partial charge in [0, 0.05) is 12.5 Å². The highest BCUT2D eigenvalue weighted by Crippen LogP contribution is 2.23. The first-order valence-corrected chi connectivity index (χ1v) is 8.88. The second-order valence-electron chi connectivity index (χ2n) is 6.59. The number of rotatable bonds is 7. The Bertz CT molecular complexity index is 388. The predicted molar refractivity (Wildman–Crippen MR) is 85.1 cm³/mol. The maximum atomic E-state index is 12.5. The highest BCUT2D eigenvalue weighted by atomic mass is 16.5. The molecule has 132 valence electrons. The lowest BCUT2D eigenvalue weighted by Gasteiger charge is -2.30. The minimum Gasteiger partial charge on any atom is -0.480 e. The van der Waals surface area contributed by atoms with Crippen LogP contribution in [-0.2, 0) is 19.1 Å². The van der Waals surface area contributed by atoms with E-state index >= 15 is 0 Å². The van der Waals surface area contributed by atoms with Gasteiger partial charge in [-0.15, -0.1) is 0 Å². The van der Waals surface area contributed by atoms with Gasteiger partial charge in [0.15, 0.2) is 0 Å². The summed E-state index contributed by atoms with van der Waals surface area (Å²) in [6.07, 6.45) is 7.19. The molecule has 1 saturated carbocycles. The number of carbonyl (C=O) groups excluding carboxylic acids is 1. The fourth-order valence-electron chi connectivity index (χ4n) is 3.43. The first-order chi connectivity index (χ1) is 11.1. The van der Waals surface area contributed by atoms with Gasteiger partial charge in [-0.3, -0.25) is 4.79 Å². The number of hydrogen-bond donors (Lipinski definition) is 2. The molecule has 1 amide bonds. The molecule has 3 atom stereocenters. The molecule has 3 unspecified atom stereocenters. The lowest BCUT2D eigenvalue weighted by atomic mass is 9.93. The van der Waals surface area contributed by atoms with Gasteiger partial charge >= 0.3 is 5.97 Å². The van der Waals surface area contributed by atoms with Crippen LogP contribution in [0.25, 0.3) is 0 Å². The number of carbonyl (C=O) groups is 2. The van der Waals surface area contributed by atoms with Crippen LogP contribution >= 0.6 is 0 Å². The summed E-state index contributed by atoms with van der Waals surface area (Å²) < 4.78 is 11.3. The Morgan fingerprint density at radius 1 is 1.22 bits per heavy atom. The van der Waals surface area contributed by atoms with E-state index in [1.165, 1.54) is 6.42 Å². The summed E-state index contributed by atoms with van der Waals surface area (Å²) in [5.41, 5.74) is 0. The zero-order valence-electron chi connectivity index (χ0n) is 14.0. The van der Waals surface area contributed by atoms with Crippen molar-refractivity contribution >= 4 is 11.9 Å². The molecule has 0 aromatic rings. The van der Waals surface area contributed by atoms with E-state index in [9.17, 15) is 14.7 Å². The van der Waals surface area contributed by atoms with Gasteiger partial charge in [0.05, 0.1) is 12.7 Å². The van der Waals surface area contributed by atoms with Crippen LogP contribution in [0.2, 0.25) is 0 Å². The van der Waals surface area contributed by atoms with Crippen LogP contribution in [0.1, 0.15) is 58.3 Å². The smallest absolute Gasteiger partial charge is 0.326 e. The number of amides is 1. The second-order valence-corrected chi connectivity index (χ2v) is 6.59. The van der Waals surface area contributed by atoms with Crippen LogP contribution in [-0.4, -0.2) is 48.4 Å². The third kappa shape index (κ3) is 5.46. The first kappa shape index (κ1) is 18.2. The van der Waals surface area contributed by atoms with E-state index in [4.69, 9.17) is 9.47 Å². The molecule has 1 aliphatic carbocycles. The van der Waals surface area contributed by atoms with Gasteiger partial charge in [0.2, 0.25) is 5.91 Å². The van der Waals surface area contributed by atoms with E-state index in [-0.39, 0.29) is 17.9 Å². The molecular weight excluding hydrogens is 298 g/mol. The van der Waals surface area contributed by atoms with Crippen molar-refractivity contribution in [1.29, 1.82) is 0 Å². The highest BCUT2D eigenvalue weighted by molar-refractivity contribution is 5.86. The molecule has 2 rings (SSSR count). The van der Waals surface area contributed by atoms with E-state index in [1.807, 2.05) is 6.92 Å².